The second-order valence-electron chi connectivity index (χ2n) is 5.39. The van der Waals surface area contributed by atoms with E-state index in [2.05, 4.69) is 24.0 Å². The average molecular weight is 373 g/mol. The molecule has 1 atom stereocenters. The van der Waals surface area contributed by atoms with Gasteiger partial charge in [0.2, 0.25) is 5.82 Å². The van der Waals surface area contributed by atoms with Crippen LogP contribution in [0, 0.1) is 0 Å². The van der Waals surface area contributed by atoms with Crippen molar-refractivity contribution in [2.24, 2.45) is 4.36 Å². The summed E-state index contributed by atoms with van der Waals surface area (Å²) in [6.45, 7) is 2.26. The smallest absolute Gasteiger partial charge is 0.329 e. The van der Waals surface area contributed by atoms with Gasteiger partial charge in [-0.15, -0.1) is 0 Å². The number of hydrogen-bond acceptors (Lipinski definition) is 6. The van der Waals surface area contributed by atoms with E-state index in [0.29, 0.717) is 23.4 Å². The number of hydrogen-bond donors (Lipinski definition) is 0. The molecule has 0 N–H and O–H groups in total. The molecule has 0 bridgehead atoms. The van der Waals surface area contributed by atoms with Gasteiger partial charge < -0.3 is 8.92 Å². The molecule has 0 fully saturated rings. The van der Waals surface area contributed by atoms with E-state index in [0.717, 1.165) is 0 Å². The van der Waals surface area contributed by atoms with Crippen molar-refractivity contribution in [3.05, 3.63) is 36.1 Å². The van der Waals surface area contributed by atoms with Crippen LogP contribution < -0.4 is 0 Å². The van der Waals surface area contributed by atoms with Crippen molar-refractivity contribution in [3.8, 4) is 11.4 Å². The summed E-state index contributed by atoms with van der Waals surface area (Å²) in [5, 5.41) is 3.35. The van der Waals surface area contributed by atoms with E-state index in [9.17, 15) is 17.4 Å². The Morgan fingerprint density at radius 1 is 1.28 bits per heavy atom. The van der Waals surface area contributed by atoms with Crippen LogP contribution in [-0.4, -0.2) is 36.5 Å². The van der Waals surface area contributed by atoms with Crippen LogP contribution in [0.1, 0.15) is 18.5 Å². The molecule has 3 heterocycles. The third kappa shape index (κ3) is 3.81. The van der Waals surface area contributed by atoms with Crippen molar-refractivity contribution in [3.63, 3.8) is 0 Å². The minimum Gasteiger partial charge on any atom is -0.329 e. The number of alkyl halides is 3. The van der Waals surface area contributed by atoms with Crippen molar-refractivity contribution in [1.82, 2.24) is 19.5 Å². The summed E-state index contributed by atoms with van der Waals surface area (Å²) in [6, 6.07) is 3.15. The summed E-state index contributed by atoms with van der Waals surface area (Å²) in [7, 11) is -2.37. The first kappa shape index (κ1) is 17.4. The molecule has 0 aliphatic rings. The van der Waals surface area contributed by atoms with E-state index in [1.165, 1.54) is 12.3 Å². The van der Waals surface area contributed by atoms with Crippen LogP contribution in [0.25, 0.3) is 17.0 Å². The molecule has 3 aromatic rings. The lowest BCUT2D eigenvalue weighted by Crippen LogP contribution is -2.04. The van der Waals surface area contributed by atoms with Crippen LogP contribution in [0.2, 0.25) is 0 Å². The maximum atomic E-state index is 12.5. The fourth-order valence-corrected chi connectivity index (χ4v) is 3.62. The summed E-state index contributed by atoms with van der Waals surface area (Å²) in [4.78, 5) is 7.69. The highest BCUT2D eigenvalue weighted by molar-refractivity contribution is 7.92. The second kappa shape index (κ2) is 6.14. The summed E-state index contributed by atoms with van der Waals surface area (Å²) >= 11 is 0. The van der Waals surface area contributed by atoms with Gasteiger partial charge in [-0.3, -0.25) is 0 Å². The van der Waals surface area contributed by atoms with Crippen molar-refractivity contribution >= 4 is 15.4 Å². The Balaban J connectivity index is 1.94. The molecule has 1 unspecified atom stereocenters. The van der Waals surface area contributed by atoms with Crippen LogP contribution in [0.15, 0.2) is 33.4 Å². The van der Waals surface area contributed by atoms with Gasteiger partial charge >= 0.3 is 12.1 Å². The van der Waals surface area contributed by atoms with E-state index >= 15 is 0 Å². The summed E-state index contributed by atoms with van der Waals surface area (Å²) in [5.41, 5.74) is 1.47. The molecular formula is C14H14F3N5O2S. The minimum atomic E-state index is -4.69. The molecule has 0 amide bonds. The standard InChI is InChI=1S/C14H14F3N5O2S/c1-3-18-25(2,23)8-10-7-22-6-9(4-5-11(22)19-10)12-20-13(24-21-12)14(15,16)17/h4-7H,3,8H2,1-2H3. The maximum absolute atomic E-state index is 12.5. The zero-order valence-electron chi connectivity index (χ0n) is 13.3. The number of halogens is 3. The molecule has 3 rings (SSSR count). The molecule has 0 aliphatic carbocycles. The van der Waals surface area contributed by atoms with Crippen LogP contribution >= 0.6 is 0 Å². The molecule has 0 aromatic carbocycles. The molecule has 7 nitrogen and oxygen atoms in total. The lowest BCUT2D eigenvalue weighted by molar-refractivity contribution is -0.159. The lowest BCUT2D eigenvalue weighted by Gasteiger charge is -1.99. The van der Waals surface area contributed by atoms with Crippen molar-refractivity contribution in [2.75, 3.05) is 12.8 Å². The average Bonchev–Trinajstić information content (AvgIpc) is 3.11. The lowest BCUT2D eigenvalue weighted by atomic mass is 10.3. The third-order valence-corrected chi connectivity index (χ3v) is 4.88. The highest BCUT2D eigenvalue weighted by atomic mass is 32.2. The van der Waals surface area contributed by atoms with E-state index in [1.807, 2.05) is 0 Å². The fourth-order valence-electron chi connectivity index (χ4n) is 2.30. The summed E-state index contributed by atoms with van der Waals surface area (Å²) < 4.78 is 59.8. The van der Waals surface area contributed by atoms with Crippen LogP contribution in [0.4, 0.5) is 13.2 Å². The van der Waals surface area contributed by atoms with Gasteiger partial charge in [0.1, 0.15) is 5.65 Å². The Bertz CT molecular complexity index is 1030. The Morgan fingerprint density at radius 3 is 2.68 bits per heavy atom. The molecule has 0 aliphatic heterocycles. The van der Waals surface area contributed by atoms with Crippen LogP contribution in [0.5, 0.6) is 0 Å². The minimum absolute atomic E-state index is 0.176. The molecule has 11 heteroatoms. The number of fused-ring (bicyclic) bond motifs is 1. The first-order valence-electron chi connectivity index (χ1n) is 7.22. The van der Waals surface area contributed by atoms with Crippen LogP contribution in [0.3, 0.4) is 0 Å². The van der Waals surface area contributed by atoms with Gasteiger partial charge in [-0.05, 0) is 19.1 Å². The van der Waals surface area contributed by atoms with E-state index < -0.39 is 21.8 Å². The molecule has 3 aromatic heterocycles. The fraction of sp³-hybridized carbons (Fsp3) is 0.357. The molecule has 0 saturated carbocycles. The number of aromatic nitrogens is 4. The normalized spacial score (nSPS) is 14.6. The molecule has 0 spiro atoms. The van der Waals surface area contributed by atoms with Crippen LogP contribution in [-0.2, 0) is 21.7 Å². The number of imidazole rings is 1. The predicted molar refractivity (Wildman–Crippen MR) is 84.2 cm³/mol. The van der Waals surface area contributed by atoms with Gasteiger partial charge in [-0.25, -0.2) is 13.6 Å². The highest BCUT2D eigenvalue weighted by Crippen LogP contribution is 2.29. The van der Waals surface area contributed by atoms with Crippen molar-refractivity contribution in [2.45, 2.75) is 18.9 Å². The Morgan fingerprint density at radius 2 is 2.04 bits per heavy atom. The summed E-state index contributed by atoms with van der Waals surface area (Å²) in [5.74, 6) is -1.39. The highest BCUT2D eigenvalue weighted by Gasteiger charge is 2.38. The van der Waals surface area contributed by atoms with Gasteiger partial charge in [0.25, 0.3) is 0 Å². The third-order valence-electron chi connectivity index (χ3n) is 3.25. The predicted octanol–water partition coefficient (Wildman–Crippen LogP) is 3.02. The molecule has 0 radical (unpaired) electrons. The van der Waals surface area contributed by atoms with Gasteiger partial charge in [-0.1, -0.05) is 5.16 Å². The van der Waals surface area contributed by atoms with Crippen molar-refractivity contribution in [1.29, 1.82) is 0 Å². The van der Waals surface area contributed by atoms with Crippen molar-refractivity contribution < 1.29 is 21.9 Å². The Labute approximate surface area is 141 Å². The van der Waals surface area contributed by atoms with E-state index in [4.69, 9.17) is 0 Å². The monoisotopic (exact) mass is 373 g/mol. The first-order valence-corrected chi connectivity index (χ1v) is 9.32. The van der Waals surface area contributed by atoms with Gasteiger partial charge in [0, 0.05) is 40.5 Å². The Hall–Kier alpha value is -2.43. The van der Waals surface area contributed by atoms with E-state index in [1.54, 1.807) is 29.8 Å². The molecule has 0 saturated heterocycles. The zero-order chi connectivity index (χ0) is 18.2. The van der Waals surface area contributed by atoms with Gasteiger partial charge in [0.15, 0.2) is 0 Å². The van der Waals surface area contributed by atoms with E-state index in [-0.39, 0.29) is 11.6 Å². The SMILES string of the molecule is CCN=S(C)(=O)Cc1cn2cc(-c3noc(C(F)(F)F)n3)ccc2n1. The van der Waals surface area contributed by atoms with Gasteiger partial charge in [0.05, 0.1) is 11.4 Å². The quantitative estimate of drug-likeness (QED) is 0.702. The largest absolute Gasteiger partial charge is 0.471 e. The second-order valence-corrected chi connectivity index (χ2v) is 7.85. The van der Waals surface area contributed by atoms with Gasteiger partial charge in [-0.2, -0.15) is 18.2 Å². The molecule has 25 heavy (non-hydrogen) atoms. The topological polar surface area (TPSA) is 85.7 Å². The maximum Gasteiger partial charge on any atom is 0.471 e. The first-order chi connectivity index (χ1) is 11.7. The number of rotatable bonds is 4. The molecular weight excluding hydrogens is 359 g/mol. The number of nitrogens with zero attached hydrogens (tertiary/aromatic N) is 5. The Kier molecular flexibility index (Phi) is 4.27. The zero-order valence-corrected chi connectivity index (χ0v) is 14.1. The summed E-state index contributed by atoms with van der Waals surface area (Å²) in [6.07, 6.45) is 0.0504. The molecule has 134 valence electrons. The number of pyridine rings is 1.